The van der Waals surface area contributed by atoms with Crippen molar-refractivity contribution in [2.24, 2.45) is 0 Å². The smallest absolute Gasteiger partial charge is 0.221 e. The van der Waals surface area contributed by atoms with E-state index in [0.29, 0.717) is 12.2 Å². The molecule has 1 fully saturated rings. The van der Waals surface area contributed by atoms with E-state index < -0.39 is 6.10 Å². The van der Waals surface area contributed by atoms with E-state index >= 15 is 0 Å². The molecule has 0 radical (unpaired) electrons. The average Bonchev–Trinajstić information content (AvgIpc) is 2.70. The number of nitrogens with zero attached hydrogens (tertiary/aromatic N) is 2. The van der Waals surface area contributed by atoms with Crippen LogP contribution in [0, 0.1) is 0 Å². The van der Waals surface area contributed by atoms with E-state index in [1.165, 1.54) is 0 Å². The molecule has 1 aliphatic rings. The van der Waals surface area contributed by atoms with Gasteiger partial charge >= 0.3 is 0 Å². The van der Waals surface area contributed by atoms with E-state index in [2.05, 4.69) is 15.3 Å². The van der Waals surface area contributed by atoms with Crippen LogP contribution in [-0.2, 0) is 4.74 Å². The summed E-state index contributed by atoms with van der Waals surface area (Å²) in [5.41, 5.74) is 6.37. The van der Waals surface area contributed by atoms with E-state index in [4.69, 9.17) is 10.5 Å². The zero-order valence-corrected chi connectivity index (χ0v) is 10.1. The lowest BCUT2D eigenvalue weighted by molar-refractivity contribution is 0.00781. The maximum absolute atomic E-state index is 9.83. The summed E-state index contributed by atoms with van der Waals surface area (Å²) in [4.78, 5) is 8.08. The van der Waals surface area contributed by atoms with Crippen LogP contribution in [-0.4, -0.2) is 34.3 Å². The Hall–Kier alpha value is -1.40. The van der Waals surface area contributed by atoms with Gasteiger partial charge < -0.3 is 20.9 Å². The Morgan fingerprint density at radius 1 is 1.65 bits per heavy atom. The molecule has 3 atom stereocenters. The quantitative estimate of drug-likeness (QED) is 0.717. The topological polar surface area (TPSA) is 93.3 Å². The molecule has 0 saturated carbocycles. The molecule has 0 unspecified atom stereocenters. The average molecular weight is 238 g/mol. The van der Waals surface area contributed by atoms with Gasteiger partial charge in [0, 0.05) is 25.2 Å². The fourth-order valence-corrected chi connectivity index (χ4v) is 2.14. The monoisotopic (exact) mass is 238 g/mol. The third-order valence-corrected chi connectivity index (χ3v) is 3.05. The van der Waals surface area contributed by atoms with Crippen LogP contribution in [0.5, 0.6) is 0 Å². The molecule has 0 amide bonds. The first-order chi connectivity index (χ1) is 8.15. The van der Waals surface area contributed by atoms with E-state index in [1.807, 2.05) is 6.92 Å². The van der Waals surface area contributed by atoms with Crippen molar-refractivity contribution in [2.75, 3.05) is 18.1 Å². The fourth-order valence-electron chi connectivity index (χ4n) is 2.14. The number of aromatic nitrogens is 2. The van der Waals surface area contributed by atoms with Crippen LogP contribution in [0.1, 0.15) is 31.4 Å². The molecule has 0 bridgehead atoms. The number of nitrogens with one attached hydrogen (secondary N) is 1. The van der Waals surface area contributed by atoms with Crippen LogP contribution in [0.3, 0.4) is 0 Å². The highest BCUT2D eigenvalue weighted by atomic mass is 16.5. The van der Waals surface area contributed by atoms with Gasteiger partial charge in [-0.05, 0) is 6.42 Å². The number of aliphatic hydroxyl groups excluding tert-OH is 1. The van der Waals surface area contributed by atoms with Crippen LogP contribution < -0.4 is 11.1 Å². The van der Waals surface area contributed by atoms with Gasteiger partial charge in [0.05, 0.1) is 18.3 Å². The third-order valence-electron chi connectivity index (χ3n) is 3.05. The van der Waals surface area contributed by atoms with E-state index in [0.717, 1.165) is 12.0 Å². The van der Waals surface area contributed by atoms with Crippen molar-refractivity contribution >= 4 is 11.8 Å². The summed E-state index contributed by atoms with van der Waals surface area (Å²) in [6.07, 6.45) is 2.32. The molecule has 1 aliphatic heterocycles. The van der Waals surface area contributed by atoms with Gasteiger partial charge in [-0.1, -0.05) is 6.92 Å². The number of nitrogen functional groups attached to an aromatic ring is 1. The highest BCUT2D eigenvalue weighted by Crippen LogP contribution is 2.36. The molecule has 0 aliphatic carbocycles. The number of rotatable bonds is 3. The molecule has 4 N–H and O–H groups in total. The Balaban J connectivity index is 2.23. The number of ether oxygens (including phenoxy) is 1. The molecule has 6 heteroatoms. The second-order valence-corrected chi connectivity index (χ2v) is 4.16. The molecule has 1 saturated heterocycles. The Morgan fingerprint density at radius 2 is 2.41 bits per heavy atom. The Bertz CT molecular complexity index is 399. The van der Waals surface area contributed by atoms with Gasteiger partial charge in [-0.2, -0.15) is 4.98 Å². The number of aliphatic hydroxyl groups is 1. The SMILES string of the molecule is CC[C@H]1O[C@@H](c2cnc(N)nc2NC)C[C@H]1O. The van der Waals surface area contributed by atoms with Crippen molar-refractivity contribution in [3.63, 3.8) is 0 Å². The zero-order chi connectivity index (χ0) is 12.4. The first-order valence-electron chi connectivity index (χ1n) is 5.79. The maximum atomic E-state index is 9.83. The molecule has 2 heterocycles. The normalized spacial score (nSPS) is 28.3. The molecule has 6 nitrogen and oxygen atoms in total. The second kappa shape index (κ2) is 4.85. The van der Waals surface area contributed by atoms with Crippen molar-refractivity contribution in [2.45, 2.75) is 38.1 Å². The minimum absolute atomic E-state index is 0.109. The van der Waals surface area contributed by atoms with Gasteiger partial charge in [0.15, 0.2) is 0 Å². The molecular weight excluding hydrogens is 220 g/mol. The van der Waals surface area contributed by atoms with Crippen molar-refractivity contribution in [3.8, 4) is 0 Å². The van der Waals surface area contributed by atoms with Crippen LogP contribution in [0.25, 0.3) is 0 Å². The van der Waals surface area contributed by atoms with Crippen molar-refractivity contribution in [1.29, 1.82) is 0 Å². The van der Waals surface area contributed by atoms with Gasteiger partial charge in [0.2, 0.25) is 5.95 Å². The maximum Gasteiger partial charge on any atom is 0.221 e. The van der Waals surface area contributed by atoms with E-state index in [1.54, 1.807) is 13.2 Å². The molecule has 0 spiro atoms. The summed E-state index contributed by atoms with van der Waals surface area (Å²) < 4.78 is 5.78. The van der Waals surface area contributed by atoms with Gasteiger partial charge in [-0.3, -0.25) is 0 Å². The van der Waals surface area contributed by atoms with Crippen molar-refractivity contribution in [3.05, 3.63) is 11.8 Å². The lowest BCUT2D eigenvalue weighted by Crippen LogP contribution is -2.18. The molecule has 1 aromatic rings. The second-order valence-electron chi connectivity index (χ2n) is 4.16. The van der Waals surface area contributed by atoms with Gasteiger partial charge in [0.25, 0.3) is 0 Å². The number of nitrogens with two attached hydrogens (primary N) is 1. The Kier molecular flexibility index (Phi) is 3.44. The first kappa shape index (κ1) is 12.1. The molecule has 17 heavy (non-hydrogen) atoms. The lowest BCUT2D eigenvalue weighted by Gasteiger charge is -2.15. The lowest BCUT2D eigenvalue weighted by atomic mass is 10.1. The van der Waals surface area contributed by atoms with Gasteiger partial charge in [0.1, 0.15) is 5.82 Å². The van der Waals surface area contributed by atoms with Crippen molar-refractivity contribution < 1.29 is 9.84 Å². The van der Waals surface area contributed by atoms with Gasteiger partial charge in [-0.25, -0.2) is 4.98 Å². The Labute approximate surface area is 100 Å². The van der Waals surface area contributed by atoms with Gasteiger partial charge in [-0.15, -0.1) is 0 Å². The summed E-state index contributed by atoms with van der Waals surface area (Å²) in [6, 6.07) is 0. The summed E-state index contributed by atoms with van der Waals surface area (Å²) in [7, 11) is 1.77. The highest BCUT2D eigenvalue weighted by Gasteiger charge is 2.35. The predicted molar refractivity (Wildman–Crippen MR) is 64.5 cm³/mol. The van der Waals surface area contributed by atoms with Crippen LogP contribution >= 0.6 is 0 Å². The van der Waals surface area contributed by atoms with Crippen LogP contribution in [0.15, 0.2) is 6.20 Å². The predicted octanol–water partition coefficient (Wildman–Crippen LogP) is 0.701. The largest absolute Gasteiger partial charge is 0.390 e. The molecule has 1 aromatic heterocycles. The van der Waals surface area contributed by atoms with Crippen LogP contribution in [0.2, 0.25) is 0 Å². The number of anilines is 2. The minimum Gasteiger partial charge on any atom is -0.390 e. The number of hydrogen-bond acceptors (Lipinski definition) is 6. The van der Waals surface area contributed by atoms with E-state index in [9.17, 15) is 5.11 Å². The van der Waals surface area contributed by atoms with Crippen molar-refractivity contribution in [1.82, 2.24) is 9.97 Å². The summed E-state index contributed by atoms with van der Waals surface area (Å²) in [5, 5.41) is 12.8. The minimum atomic E-state index is -0.424. The fraction of sp³-hybridized carbons (Fsp3) is 0.636. The third kappa shape index (κ3) is 2.32. The van der Waals surface area contributed by atoms with Crippen LogP contribution in [0.4, 0.5) is 11.8 Å². The summed E-state index contributed by atoms with van der Waals surface area (Å²) in [6.45, 7) is 1.99. The standard InChI is InChI=1S/C11H18N4O2/c1-3-8-7(16)4-9(17-8)6-5-14-11(12)15-10(6)13-2/h5,7-9,16H,3-4H2,1-2H3,(H3,12,13,14,15)/t7-,8-,9-/m1/s1. The summed E-state index contributed by atoms with van der Waals surface area (Å²) >= 11 is 0. The molecule has 94 valence electrons. The summed E-state index contributed by atoms with van der Waals surface area (Å²) in [5.74, 6) is 0.884. The Morgan fingerprint density at radius 3 is 3.00 bits per heavy atom. The first-order valence-corrected chi connectivity index (χ1v) is 5.79. The molecular formula is C11H18N4O2. The molecule has 2 rings (SSSR count). The molecule has 0 aromatic carbocycles. The zero-order valence-electron chi connectivity index (χ0n) is 10.1. The highest BCUT2D eigenvalue weighted by molar-refractivity contribution is 5.47. The number of hydrogen-bond donors (Lipinski definition) is 3. The van der Waals surface area contributed by atoms with E-state index in [-0.39, 0.29) is 18.2 Å².